The van der Waals surface area contributed by atoms with Gasteiger partial charge in [0.15, 0.2) is 5.96 Å². The van der Waals surface area contributed by atoms with Crippen molar-refractivity contribution in [2.24, 2.45) is 27.9 Å². The van der Waals surface area contributed by atoms with E-state index >= 15 is 0 Å². The molecular weight excluding hydrogens is 428 g/mol. The molecule has 0 radical (unpaired) electrons. The molecule has 0 aliphatic carbocycles. The van der Waals surface area contributed by atoms with Crippen LogP contribution in [-0.2, 0) is 19.2 Å². The lowest BCUT2D eigenvalue weighted by atomic mass is 10.1. The minimum absolute atomic E-state index is 0.0310. The fraction of sp³-hybridized carbons (Fsp3) is 0.706. The van der Waals surface area contributed by atoms with Gasteiger partial charge in [-0.25, -0.2) is 4.79 Å². The molecule has 0 aromatic heterocycles. The highest BCUT2D eigenvalue weighted by Crippen LogP contribution is 2.05. The second kappa shape index (κ2) is 16.2. The molecular formula is C17H34N8O5S. The third-order valence-corrected chi connectivity index (χ3v) is 4.52. The maximum atomic E-state index is 12.7. The molecule has 0 heterocycles. The van der Waals surface area contributed by atoms with Gasteiger partial charge in [-0.15, -0.1) is 0 Å². The van der Waals surface area contributed by atoms with E-state index in [0.29, 0.717) is 25.8 Å². The van der Waals surface area contributed by atoms with E-state index < -0.39 is 41.8 Å². The van der Waals surface area contributed by atoms with Gasteiger partial charge >= 0.3 is 5.97 Å². The minimum Gasteiger partial charge on any atom is -0.480 e. The Kier molecular flexibility index (Phi) is 14.8. The number of unbranched alkanes of at least 4 members (excludes halogenated alkanes) is 1. The maximum Gasteiger partial charge on any atom is 0.326 e. The third kappa shape index (κ3) is 12.7. The number of carboxylic acids is 1. The molecule has 0 saturated heterocycles. The highest BCUT2D eigenvalue weighted by Gasteiger charge is 2.28. The first-order valence-electron chi connectivity index (χ1n) is 9.85. The number of carbonyl (C=O) groups is 4. The Morgan fingerprint density at radius 3 is 1.97 bits per heavy atom. The first-order valence-corrected chi connectivity index (χ1v) is 10.5. The number of carbonyl (C=O) groups excluding carboxylic acids is 3. The minimum atomic E-state index is -1.20. The van der Waals surface area contributed by atoms with Crippen LogP contribution >= 0.6 is 12.6 Å². The summed E-state index contributed by atoms with van der Waals surface area (Å²) in [7, 11) is 0. The Bertz CT molecular complexity index is 630. The van der Waals surface area contributed by atoms with Crippen LogP contribution < -0.4 is 38.9 Å². The van der Waals surface area contributed by atoms with Crippen molar-refractivity contribution in [3.63, 3.8) is 0 Å². The van der Waals surface area contributed by atoms with Gasteiger partial charge in [-0.2, -0.15) is 12.6 Å². The summed E-state index contributed by atoms with van der Waals surface area (Å²) in [6, 6.07) is -3.23. The Morgan fingerprint density at radius 1 is 0.871 bits per heavy atom. The molecule has 0 spiro atoms. The predicted molar refractivity (Wildman–Crippen MR) is 119 cm³/mol. The number of aliphatic imine (C=N–C) groups is 1. The zero-order valence-corrected chi connectivity index (χ0v) is 18.3. The SMILES string of the molecule is NCCCCC(NC(=O)C(CCCN=C(N)N)NC(=O)C(CS)NC(=O)CN)C(=O)O. The van der Waals surface area contributed by atoms with Crippen molar-refractivity contribution in [1.29, 1.82) is 0 Å². The van der Waals surface area contributed by atoms with Crippen molar-refractivity contribution in [2.75, 3.05) is 25.4 Å². The molecule has 0 saturated carbocycles. The number of nitrogens with two attached hydrogens (primary N) is 4. The number of rotatable bonds is 16. The molecule has 3 unspecified atom stereocenters. The largest absolute Gasteiger partial charge is 0.480 e. The number of nitrogens with one attached hydrogen (secondary N) is 3. The summed E-state index contributed by atoms with van der Waals surface area (Å²) in [5.74, 6) is -3.24. The smallest absolute Gasteiger partial charge is 0.326 e. The maximum absolute atomic E-state index is 12.7. The molecule has 14 heteroatoms. The lowest BCUT2D eigenvalue weighted by Crippen LogP contribution is -2.56. The Labute approximate surface area is 186 Å². The van der Waals surface area contributed by atoms with Gasteiger partial charge in [-0.3, -0.25) is 19.4 Å². The van der Waals surface area contributed by atoms with E-state index in [9.17, 15) is 24.3 Å². The fourth-order valence-electron chi connectivity index (χ4n) is 2.51. The Hall–Kier alpha value is -2.58. The lowest BCUT2D eigenvalue weighted by Gasteiger charge is -2.24. The van der Waals surface area contributed by atoms with E-state index in [-0.39, 0.29) is 37.6 Å². The van der Waals surface area contributed by atoms with Crippen LogP contribution in [0.4, 0.5) is 0 Å². The van der Waals surface area contributed by atoms with Gasteiger partial charge in [0.05, 0.1) is 6.54 Å². The molecule has 0 bridgehead atoms. The van der Waals surface area contributed by atoms with Crippen molar-refractivity contribution < 1.29 is 24.3 Å². The average molecular weight is 463 g/mol. The van der Waals surface area contributed by atoms with Crippen LogP contribution in [0.25, 0.3) is 0 Å². The molecule has 0 aromatic rings. The number of thiol groups is 1. The van der Waals surface area contributed by atoms with Gasteiger partial charge in [0.25, 0.3) is 0 Å². The molecule has 12 N–H and O–H groups in total. The normalized spacial score (nSPS) is 13.4. The first kappa shape index (κ1) is 28.4. The molecule has 0 aromatic carbocycles. The van der Waals surface area contributed by atoms with Gasteiger partial charge in [0, 0.05) is 12.3 Å². The third-order valence-electron chi connectivity index (χ3n) is 4.16. The Balaban J connectivity index is 5.24. The monoisotopic (exact) mass is 462 g/mol. The molecule has 31 heavy (non-hydrogen) atoms. The summed E-state index contributed by atoms with van der Waals surface area (Å²) in [6.07, 6.45) is 1.79. The van der Waals surface area contributed by atoms with Crippen LogP contribution in [0, 0.1) is 0 Å². The summed E-state index contributed by atoms with van der Waals surface area (Å²) in [4.78, 5) is 52.0. The molecule has 0 aliphatic rings. The van der Waals surface area contributed by atoms with Crippen molar-refractivity contribution in [3.8, 4) is 0 Å². The average Bonchev–Trinajstić information content (AvgIpc) is 2.72. The summed E-state index contributed by atoms with van der Waals surface area (Å²) in [5, 5.41) is 16.7. The van der Waals surface area contributed by atoms with E-state index in [2.05, 4.69) is 33.6 Å². The number of guanidine groups is 1. The van der Waals surface area contributed by atoms with E-state index in [1.54, 1.807) is 0 Å². The molecule has 3 amide bonds. The topological polar surface area (TPSA) is 241 Å². The van der Waals surface area contributed by atoms with Gasteiger partial charge < -0.3 is 44.0 Å². The van der Waals surface area contributed by atoms with Crippen LogP contribution in [0.1, 0.15) is 32.1 Å². The molecule has 13 nitrogen and oxygen atoms in total. The van der Waals surface area contributed by atoms with Gasteiger partial charge in [-0.1, -0.05) is 0 Å². The Morgan fingerprint density at radius 2 is 1.45 bits per heavy atom. The van der Waals surface area contributed by atoms with Gasteiger partial charge in [-0.05, 0) is 38.6 Å². The van der Waals surface area contributed by atoms with Gasteiger partial charge in [0.1, 0.15) is 18.1 Å². The second-order valence-corrected chi connectivity index (χ2v) is 7.07. The van der Waals surface area contributed by atoms with E-state index in [4.69, 9.17) is 22.9 Å². The van der Waals surface area contributed by atoms with Crippen LogP contribution in [0.3, 0.4) is 0 Å². The lowest BCUT2D eigenvalue weighted by molar-refractivity contribution is -0.142. The molecule has 0 rings (SSSR count). The van der Waals surface area contributed by atoms with Crippen molar-refractivity contribution >= 4 is 42.3 Å². The number of aliphatic carboxylic acids is 1. The number of carboxylic acid groups (broad SMARTS) is 1. The number of amides is 3. The van der Waals surface area contributed by atoms with Crippen molar-refractivity contribution in [2.45, 2.75) is 50.2 Å². The summed E-state index contributed by atoms with van der Waals surface area (Å²) < 4.78 is 0. The fourth-order valence-corrected chi connectivity index (χ4v) is 2.77. The summed E-state index contributed by atoms with van der Waals surface area (Å²) in [5.41, 5.74) is 21.2. The molecule has 3 atom stereocenters. The molecule has 0 fully saturated rings. The summed E-state index contributed by atoms with van der Waals surface area (Å²) in [6.45, 7) is 0.299. The van der Waals surface area contributed by atoms with Gasteiger partial charge in [0.2, 0.25) is 17.7 Å². The number of hydrogen-bond acceptors (Lipinski definition) is 8. The van der Waals surface area contributed by atoms with E-state index in [0.717, 1.165) is 0 Å². The quantitative estimate of drug-likeness (QED) is 0.0479. The van der Waals surface area contributed by atoms with Crippen molar-refractivity contribution in [3.05, 3.63) is 0 Å². The zero-order chi connectivity index (χ0) is 23.8. The number of nitrogens with zero attached hydrogens (tertiary/aromatic N) is 1. The van der Waals surface area contributed by atoms with Crippen LogP contribution in [0.5, 0.6) is 0 Å². The van der Waals surface area contributed by atoms with Crippen LogP contribution in [0.15, 0.2) is 4.99 Å². The van der Waals surface area contributed by atoms with Crippen LogP contribution in [0.2, 0.25) is 0 Å². The number of hydrogen-bond donors (Lipinski definition) is 9. The van der Waals surface area contributed by atoms with Crippen LogP contribution in [-0.4, -0.2) is 78.3 Å². The van der Waals surface area contributed by atoms with E-state index in [1.165, 1.54) is 0 Å². The predicted octanol–water partition coefficient (Wildman–Crippen LogP) is -3.40. The van der Waals surface area contributed by atoms with Crippen molar-refractivity contribution in [1.82, 2.24) is 16.0 Å². The zero-order valence-electron chi connectivity index (χ0n) is 17.4. The summed E-state index contributed by atoms with van der Waals surface area (Å²) >= 11 is 4.03. The second-order valence-electron chi connectivity index (χ2n) is 6.70. The first-order chi connectivity index (χ1) is 14.7. The highest BCUT2D eigenvalue weighted by molar-refractivity contribution is 7.80. The molecule has 178 valence electrons. The molecule has 0 aliphatic heterocycles. The van der Waals surface area contributed by atoms with E-state index in [1.807, 2.05) is 0 Å². The standard InChI is InChI=1S/C17H34N8O5S/c18-6-2-1-4-11(16(29)30)25-14(27)10(5-3-7-22-17(20)21)24-15(28)12(9-31)23-13(26)8-19/h10-12,31H,1-9,18-19H2,(H,23,26)(H,24,28)(H,25,27)(H,29,30)(H4,20,21,22). The highest BCUT2D eigenvalue weighted by atomic mass is 32.1.